The number of carbonyl (C=O) groups is 1. The Labute approximate surface area is 222 Å². The van der Waals surface area contributed by atoms with Crippen LogP contribution in [0.25, 0.3) is 10.2 Å². The lowest BCUT2D eigenvalue weighted by molar-refractivity contribution is 0.0985. The number of hydrogen-bond donors (Lipinski definition) is 0. The molecule has 4 rings (SSSR count). The Morgan fingerprint density at radius 1 is 0.946 bits per heavy atom. The number of sulfonamides is 1. The van der Waals surface area contributed by atoms with Crippen molar-refractivity contribution < 1.29 is 22.7 Å². The van der Waals surface area contributed by atoms with Crippen molar-refractivity contribution in [3.8, 4) is 11.5 Å². The number of anilines is 1. The van der Waals surface area contributed by atoms with Gasteiger partial charge in [-0.05, 0) is 63.3 Å². The molecule has 1 fully saturated rings. The molecule has 1 aliphatic heterocycles. The third-order valence-electron chi connectivity index (χ3n) is 6.45. The number of amides is 1. The number of hydrogen-bond acceptors (Lipinski definition) is 8. The van der Waals surface area contributed by atoms with Crippen molar-refractivity contribution >= 4 is 42.6 Å². The van der Waals surface area contributed by atoms with E-state index in [1.54, 1.807) is 41.6 Å². The SMILES string of the molecule is COc1ccc(OC)c2sc(N(CCN(C)C)C(=O)c3ccc(S(=O)(=O)N4CCCCCC4)cc3)nc12. The summed E-state index contributed by atoms with van der Waals surface area (Å²) in [5.41, 5.74) is 1.02. The fourth-order valence-corrected chi connectivity index (χ4v) is 6.95. The van der Waals surface area contributed by atoms with Gasteiger partial charge in [0, 0.05) is 31.7 Å². The van der Waals surface area contributed by atoms with E-state index in [9.17, 15) is 13.2 Å². The molecule has 0 bridgehead atoms. The van der Waals surface area contributed by atoms with Gasteiger partial charge in [0.2, 0.25) is 10.0 Å². The van der Waals surface area contributed by atoms with Gasteiger partial charge in [0.15, 0.2) is 5.13 Å². The monoisotopic (exact) mass is 546 g/mol. The molecule has 200 valence electrons. The van der Waals surface area contributed by atoms with Crippen LogP contribution in [0.4, 0.5) is 5.13 Å². The van der Waals surface area contributed by atoms with Gasteiger partial charge in [0.05, 0.1) is 19.1 Å². The number of ether oxygens (including phenoxy) is 2. The second kappa shape index (κ2) is 11.8. The lowest BCUT2D eigenvalue weighted by atomic mass is 10.2. The van der Waals surface area contributed by atoms with Crippen LogP contribution < -0.4 is 14.4 Å². The van der Waals surface area contributed by atoms with Crippen LogP contribution in [0, 0.1) is 0 Å². The van der Waals surface area contributed by atoms with Crippen LogP contribution in [0.5, 0.6) is 11.5 Å². The van der Waals surface area contributed by atoms with E-state index in [0.717, 1.165) is 30.4 Å². The molecule has 0 aliphatic carbocycles. The summed E-state index contributed by atoms with van der Waals surface area (Å²) in [5.74, 6) is 1.00. The van der Waals surface area contributed by atoms with Crippen LogP contribution in [0.3, 0.4) is 0 Å². The van der Waals surface area contributed by atoms with Crippen molar-refractivity contribution in [3.63, 3.8) is 0 Å². The Bertz CT molecular complexity index is 1290. The largest absolute Gasteiger partial charge is 0.495 e. The highest BCUT2D eigenvalue weighted by atomic mass is 32.2. The maximum Gasteiger partial charge on any atom is 0.260 e. The summed E-state index contributed by atoms with van der Waals surface area (Å²) in [5, 5.41) is 0.519. The zero-order valence-electron chi connectivity index (χ0n) is 21.8. The molecule has 2 heterocycles. The summed E-state index contributed by atoms with van der Waals surface area (Å²) in [7, 11) is 3.46. The first-order valence-corrected chi connectivity index (χ1v) is 14.6. The van der Waals surface area contributed by atoms with E-state index in [2.05, 4.69) is 0 Å². The third kappa shape index (κ3) is 5.90. The molecule has 1 amide bonds. The molecule has 1 aliphatic rings. The van der Waals surface area contributed by atoms with Gasteiger partial charge in [-0.1, -0.05) is 24.2 Å². The lowest BCUT2D eigenvalue weighted by Crippen LogP contribution is -2.36. The van der Waals surface area contributed by atoms with Crippen LogP contribution in [-0.2, 0) is 10.0 Å². The lowest BCUT2D eigenvalue weighted by Gasteiger charge is -2.22. The van der Waals surface area contributed by atoms with Gasteiger partial charge in [-0.15, -0.1) is 0 Å². The summed E-state index contributed by atoms with van der Waals surface area (Å²) in [4.78, 5) is 22.3. The molecule has 0 radical (unpaired) electrons. The summed E-state index contributed by atoms with van der Waals surface area (Å²) < 4.78 is 39.7. The van der Waals surface area contributed by atoms with Crippen LogP contribution in [-0.4, -0.2) is 83.0 Å². The predicted molar refractivity (Wildman–Crippen MR) is 147 cm³/mol. The molecule has 0 unspecified atom stereocenters. The summed E-state index contributed by atoms with van der Waals surface area (Å²) in [6.07, 6.45) is 3.83. The fourth-order valence-electron chi connectivity index (χ4n) is 4.33. The minimum Gasteiger partial charge on any atom is -0.495 e. The van der Waals surface area contributed by atoms with Crippen LogP contribution in [0.15, 0.2) is 41.3 Å². The van der Waals surface area contributed by atoms with Crippen molar-refractivity contribution in [2.75, 3.05) is 59.4 Å². The van der Waals surface area contributed by atoms with Crippen molar-refractivity contribution in [1.29, 1.82) is 0 Å². The zero-order valence-corrected chi connectivity index (χ0v) is 23.4. The first kappa shape index (κ1) is 27.3. The number of fused-ring (bicyclic) bond motifs is 1. The second-order valence-electron chi connectivity index (χ2n) is 9.25. The molecule has 0 saturated carbocycles. The molecule has 3 aromatic rings. The molecule has 1 saturated heterocycles. The number of rotatable bonds is 9. The second-order valence-corrected chi connectivity index (χ2v) is 12.2. The number of likely N-dealkylation sites (N-methyl/N-ethyl adjacent to an activating group) is 1. The smallest absolute Gasteiger partial charge is 0.260 e. The van der Waals surface area contributed by atoms with E-state index < -0.39 is 10.0 Å². The Balaban J connectivity index is 1.66. The molecular formula is C26H34N4O5S2. The molecule has 2 aromatic carbocycles. The predicted octanol–water partition coefficient (Wildman–Crippen LogP) is 4.09. The molecule has 0 spiro atoms. The number of carbonyl (C=O) groups excluding carboxylic acids is 1. The quantitative estimate of drug-likeness (QED) is 0.399. The number of benzene rings is 2. The maximum atomic E-state index is 13.7. The summed E-state index contributed by atoms with van der Waals surface area (Å²) in [6.45, 7) is 2.10. The highest BCUT2D eigenvalue weighted by molar-refractivity contribution is 7.89. The van der Waals surface area contributed by atoms with Gasteiger partial charge >= 0.3 is 0 Å². The van der Waals surface area contributed by atoms with Crippen LogP contribution in [0.2, 0.25) is 0 Å². The van der Waals surface area contributed by atoms with Crippen molar-refractivity contribution in [1.82, 2.24) is 14.2 Å². The summed E-state index contributed by atoms with van der Waals surface area (Å²) in [6, 6.07) is 9.84. The van der Waals surface area contributed by atoms with Crippen molar-refractivity contribution in [3.05, 3.63) is 42.0 Å². The first-order chi connectivity index (χ1) is 17.8. The Morgan fingerprint density at radius 2 is 1.57 bits per heavy atom. The summed E-state index contributed by atoms with van der Waals surface area (Å²) >= 11 is 1.36. The van der Waals surface area contributed by atoms with E-state index in [-0.39, 0.29) is 10.8 Å². The van der Waals surface area contributed by atoms with E-state index in [1.165, 1.54) is 23.5 Å². The van der Waals surface area contributed by atoms with Crippen molar-refractivity contribution in [2.24, 2.45) is 0 Å². The van der Waals surface area contributed by atoms with Gasteiger partial charge in [0.1, 0.15) is 21.7 Å². The van der Waals surface area contributed by atoms with Crippen molar-refractivity contribution in [2.45, 2.75) is 30.6 Å². The average molecular weight is 547 g/mol. The minimum absolute atomic E-state index is 0.209. The third-order valence-corrected chi connectivity index (χ3v) is 9.46. The Kier molecular flexibility index (Phi) is 8.68. The van der Waals surface area contributed by atoms with Gasteiger partial charge in [-0.2, -0.15) is 4.31 Å². The fraction of sp³-hybridized carbons (Fsp3) is 0.462. The molecule has 37 heavy (non-hydrogen) atoms. The molecule has 9 nitrogen and oxygen atoms in total. The molecule has 11 heteroatoms. The first-order valence-electron chi connectivity index (χ1n) is 12.3. The topological polar surface area (TPSA) is 92.3 Å². The Hall–Kier alpha value is -2.73. The molecule has 0 atom stereocenters. The molecule has 1 aromatic heterocycles. The van der Waals surface area contributed by atoms with Crippen LogP contribution in [0.1, 0.15) is 36.0 Å². The normalized spacial score (nSPS) is 15.1. The van der Waals surface area contributed by atoms with E-state index in [1.807, 2.05) is 25.1 Å². The standard InChI is InChI=1S/C26H34N4O5S2/c1-28(2)17-18-30(26-27-23-21(34-3)13-14-22(35-4)24(23)36-26)25(31)19-9-11-20(12-10-19)37(32,33)29-15-7-5-6-8-16-29/h9-14H,5-8,15-18H2,1-4H3. The maximum absolute atomic E-state index is 13.7. The van der Waals surface area contributed by atoms with E-state index in [0.29, 0.717) is 53.9 Å². The van der Waals surface area contributed by atoms with E-state index >= 15 is 0 Å². The van der Waals surface area contributed by atoms with Crippen LogP contribution >= 0.6 is 11.3 Å². The highest BCUT2D eigenvalue weighted by Crippen LogP contribution is 2.40. The Morgan fingerprint density at radius 3 is 2.16 bits per heavy atom. The van der Waals surface area contributed by atoms with Gasteiger partial charge < -0.3 is 14.4 Å². The van der Waals surface area contributed by atoms with Gasteiger partial charge in [0.25, 0.3) is 5.91 Å². The van der Waals surface area contributed by atoms with Gasteiger partial charge in [-0.3, -0.25) is 9.69 Å². The average Bonchev–Trinajstić information content (AvgIpc) is 3.14. The number of aromatic nitrogens is 1. The van der Waals surface area contributed by atoms with Gasteiger partial charge in [-0.25, -0.2) is 13.4 Å². The van der Waals surface area contributed by atoms with E-state index in [4.69, 9.17) is 14.5 Å². The number of nitrogens with zero attached hydrogens (tertiary/aromatic N) is 4. The molecule has 0 N–H and O–H groups in total. The number of methoxy groups -OCH3 is 2. The molecular weight excluding hydrogens is 512 g/mol. The zero-order chi connectivity index (χ0) is 26.6. The highest BCUT2D eigenvalue weighted by Gasteiger charge is 2.27. The minimum atomic E-state index is -3.59. The number of thiazole rings is 1.